The van der Waals surface area contributed by atoms with Crippen molar-refractivity contribution in [1.29, 1.82) is 0 Å². The Morgan fingerprint density at radius 1 is 1.24 bits per heavy atom. The summed E-state index contributed by atoms with van der Waals surface area (Å²) in [6.07, 6.45) is 0.0234. The number of hydrogen-bond acceptors (Lipinski definition) is 5. The molecule has 0 aromatic heterocycles. The summed E-state index contributed by atoms with van der Waals surface area (Å²) in [5.41, 5.74) is 0. The van der Waals surface area contributed by atoms with Crippen molar-refractivity contribution >= 4 is 10.0 Å². The van der Waals surface area contributed by atoms with Gasteiger partial charge in [-0.1, -0.05) is 25.1 Å². The second-order valence-corrected chi connectivity index (χ2v) is 5.30. The molecule has 1 atom stereocenters. The van der Waals surface area contributed by atoms with Crippen LogP contribution in [-0.4, -0.2) is 35.8 Å². The monoisotopic (exact) mass is 261 g/mol. The minimum Gasteiger partial charge on any atom is -0.342 e. The van der Waals surface area contributed by atoms with Gasteiger partial charge in [-0.3, -0.25) is 0 Å². The zero-order chi connectivity index (χ0) is 13.1. The second-order valence-electron chi connectivity index (χ2n) is 3.58. The third-order valence-electron chi connectivity index (χ3n) is 2.23. The van der Waals surface area contributed by atoms with Gasteiger partial charge in [0.05, 0.1) is 4.90 Å². The zero-order valence-corrected chi connectivity index (χ0v) is 10.1. The van der Waals surface area contributed by atoms with Gasteiger partial charge in [0.1, 0.15) is 6.04 Å². The van der Waals surface area contributed by atoms with Crippen LogP contribution in [0.3, 0.4) is 0 Å². The molecule has 0 amide bonds. The molecule has 0 fully saturated rings. The molecule has 0 saturated heterocycles. The number of benzene rings is 1. The summed E-state index contributed by atoms with van der Waals surface area (Å²) in [7, 11) is -3.88. The molecule has 0 aliphatic rings. The fourth-order valence-electron chi connectivity index (χ4n) is 1.29. The summed E-state index contributed by atoms with van der Waals surface area (Å²) >= 11 is 0. The van der Waals surface area contributed by atoms with E-state index < -0.39 is 22.0 Å². The molecule has 7 heteroatoms. The van der Waals surface area contributed by atoms with Crippen molar-refractivity contribution in [2.24, 2.45) is 0 Å². The Morgan fingerprint density at radius 2 is 1.76 bits per heavy atom. The zero-order valence-electron chi connectivity index (χ0n) is 9.24. The van der Waals surface area contributed by atoms with Gasteiger partial charge in [-0.25, -0.2) is 8.42 Å². The molecule has 0 heterocycles. The third kappa shape index (κ3) is 3.76. The number of nitrogens with one attached hydrogen (secondary N) is 1. The first-order valence-electron chi connectivity index (χ1n) is 5.02. The standard InChI is InChI=1S/C10H15NO5S/c1-2-9(10(12,13)14)11-17(15,16)8-6-4-3-5-7-8/h3-7,9,11-14H,2H2,1H3. The summed E-state index contributed by atoms with van der Waals surface area (Å²) in [6.45, 7) is 1.51. The van der Waals surface area contributed by atoms with E-state index in [2.05, 4.69) is 0 Å². The van der Waals surface area contributed by atoms with Gasteiger partial charge >= 0.3 is 0 Å². The maximum Gasteiger partial charge on any atom is 0.292 e. The molecule has 1 aromatic carbocycles. The van der Waals surface area contributed by atoms with E-state index in [-0.39, 0.29) is 11.3 Å². The Kier molecular flexibility index (Phi) is 4.23. The summed E-state index contributed by atoms with van der Waals surface area (Å²) in [5, 5.41) is 26.9. The number of hydrogen-bond donors (Lipinski definition) is 4. The predicted octanol–water partition coefficient (Wildman–Crippen LogP) is -0.626. The van der Waals surface area contributed by atoms with Crippen molar-refractivity contribution in [2.45, 2.75) is 30.3 Å². The van der Waals surface area contributed by atoms with E-state index in [9.17, 15) is 8.42 Å². The molecule has 1 aromatic rings. The van der Waals surface area contributed by atoms with Gasteiger partial charge in [0.25, 0.3) is 5.97 Å². The molecule has 96 valence electrons. The SMILES string of the molecule is CCC(NS(=O)(=O)c1ccccc1)C(O)(O)O. The van der Waals surface area contributed by atoms with Gasteiger partial charge in [0.2, 0.25) is 10.0 Å². The Balaban J connectivity index is 2.95. The summed E-state index contributed by atoms with van der Waals surface area (Å²) in [4.78, 5) is -0.0114. The van der Waals surface area contributed by atoms with Crippen LogP contribution < -0.4 is 4.72 Å². The van der Waals surface area contributed by atoms with Gasteiger partial charge in [0.15, 0.2) is 0 Å². The van der Waals surface area contributed by atoms with Crippen LogP contribution in [-0.2, 0) is 10.0 Å². The van der Waals surface area contributed by atoms with Crippen LogP contribution in [0.25, 0.3) is 0 Å². The summed E-state index contributed by atoms with van der Waals surface area (Å²) in [6, 6.07) is 6.07. The lowest BCUT2D eigenvalue weighted by Gasteiger charge is -2.25. The molecule has 0 bridgehead atoms. The first-order valence-corrected chi connectivity index (χ1v) is 6.50. The molecule has 0 aliphatic carbocycles. The lowest BCUT2D eigenvalue weighted by Crippen LogP contribution is -2.52. The number of sulfonamides is 1. The van der Waals surface area contributed by atoms with Crippen LogP contribution in [0.1, 0.15) is 13.3 Å². The van der Waals surface area contributed by atoms with Crippen molar-refractivity contribution in [1.82, 2.24) is 4.72 Å². The van der Waals surface area contributed by atoms with Crippen molar-refractivity contribution in [2.75, 3.05) is 0 Å². The number of aliphatic hydroxyl groups is 3. The maximum absolute atomic E-state index is 11.8. The highest BCUT2D eigenvalue weighted by atomic mass is 32.2. The highest BCUT2D eigenvalue weighted by Gasteiger charge is 2.34. The average molecular weight is 261 g/mol. The topological polar surface area (TPSA) is 107 Å². The fourth-order valence-corrected chi connectivity index (χ4v) is 2.64. The van der Waals surface area contributed by atoms with Gasteiger partial charge in [-0.2, -0.15) is 4.72 Å². The van der Waals surface area contributed by atoms with Gasteiger partial charge in [-0.05, 0) is 18.6 Å². The fraction of sp³-hybridized carbons (Fsp3) is 0.400. The van der Waals surface area contributed by atoms with Crippen molar-refractivity contribution < 1.29 is 23.7 Å². The van der Waals surface area contributed by atoms with Gasteiger partial charge < -0.3 is 15.3 Å². The molecule has 6 nitrogen and oxygen atoms in total. The lowest BCUT2D eigenvalue weighted by molar-refractivity contribution is -0.325. The highest BCUT2D eigenvalue weighted by Crippen LogP contribution is 2.13. The maximum atomic E-state index is 11.8. The number of rotatable bonds is 5. The van der Waals surface area contributed by atoms with Crippen LogP contribution in [0.15, 0.2) is 35.2 Å². The lowest BCUT2D eigenvalue weighted by atomic mass is 10.2. The van der Waals surface area contributed by atoms with Crippen LogP contribution in [0.4, 0.5) is 0 Å². The molecule has 1 rings (SSSR count). The molecule has 0 spiro atoms. The van der Waals surface area contributed by atoms with Crippen molar-refractivity contribution in [3.8, 4) is 0 Å². The van der Waals surface area contributed by atoms with Crippen LogP contribution in [0, 0.1) is 0 Å². The molecule has 4 N–H and O–H groups in total. The molecule has 0 radical (unpaired) electrons. The largest absolute Gasteiger partial charge is 0.342 e. The summed E-state index contributed by atoms with van der Waals surface area (Å²) < 4.78 is 25.6. The highest BCUT2D eigenvalue weighted by molar-refractivity contribution is 7.89. The Bertz CT molecular complexity index is 451. The molecule has 1 unspecified atom stereocenters. The second kappa shape index (κ2) is 5.11. The molecule has 0 saturated carbocycles. The third-order valence-corrected chi connectivity index (χ3v) is 3.71. The minimum absolute atomic E-state index is 0.0114. The van der Waals surface area contributed by atoms with E-state index >= 15 is 0 Å². The van der Waals surface area contributed by atoms with Crippen molar-refractivity contribution in [3.05, 3.63) is 30.3 Å². The average Bonchev–Trinajstić information content (AvgIpc) is 2.25. The smallest absolute Gasteiger partial charge is 0.292 e. The Labute approximate surface area is 99.6 Å². The van der Waals surface area contributed by atoms with E-state index in [1.165, 1.54) is 19.1 Å². The van der Waals surface area contributed by atoms with E-state index in [1.807, 2.05) is 4.72 Å². The predicted molar refractivity (Wildman–Crippen MR) is 60.2 cm³/mol. The first kappa shape index (κ1) is 14.1. The summed E-state index contributed by atoms with van der Waals surface area (Å²) in [5.74, 6) is -3.09. The van der Waals surface area contributed by atoms with E-state index in [4.69, 9.17) is 15.3 Å². The molecular weight excluding hydrogens is 246 g/mol. The van der Waals surface area contributed by atoms with E-state index in [1.54, 1.807) is 18.2 Å². The Hall–Kier alpha value is -0.990. The Morgan fingerprint density at radius 3 is 2.18 bits per heavy atom. The van der Waals surface area contributed by atoms with E-state index in [0.29, 0.717) is 0 Å². The van der Waals surface area contributed by atoms with Crippen LogP contribution in [0.2, 0.25) is 0 Å². The molecule has 0 aliphatic heterocycles. The quantitative estimate of drug-likeness (QED) is 0.528. The first-order chi connectivity index (χ1) is 7.77. The molecular formula is C10H15NO5S. The van der Waals surface area contributed by atoms with Crippen LogP contribution in [0.5, 0.6) is 0 Å². The molecule has 17 heavy (non-hydrogen) atoms. The minimum atomic E-state index is -3.88. The van der Waals surface area contributed by atoms with Gasteiger partial charge in [0, 0.05) is 0 Å². The van der Waals surface area contributed by atoms with Crippen LogP contribution >= 0.6 is 0 Å². The van der Waals surface area contributed by atoms with Gasteiger partial charge in [-0.15, -0.1) is 0 Å². The normalized spacial score (nSPS) is 14.6. The van der Waals surface area contributed by atoms with E-state index in [0.717, 1.165) is 0 Å². The van der Waals surface area contributed by atoms with Crippen molar-refractivity contribution in [3.63, 3.8) is 0 Å².